The number of hydrogen-bond acceptors (Lipinski definition) is 3. The van der Waals surface area contributed by atoms with E-state index in [-0.39, 0.29) is 18.6 Å². The molecule has 4 heteroatoms. The van der Waals surface area contributed by atoms with E-state index in [9.17, 15) is 9.59 Å². The number of ketones is 1. The Bertz CT molecular complexity index is 508. The Kier molecular flexibility index (Phi) is 3.88. The first-order chi connectivity index (χ1) is 8.99. The maximum Gasteiger partial charge on any atom is 0.303 e. The monoisotopic (exact) mass is 261 g/mol. The fraction of sp³-hybridized carbons (Fsp3) is 0.467. The van der Waals surface area contributed by atoms with Crippen molar-refractivity contribution in [1.29, 1.82) is 0 Å². The first-order valence-electron chi connectivity index (χ1n) is 6.63. The minimum Gasteiger partial charge on any atom is -0.481 e. The molecule has 1 aromatic carbocycles. The number of carbonyl (C=O) groups excluding carboxylic acids is 1. The molecule has 4 nitrogen and oxygen atoms in total. The van der Waals surface area contributed by atoms with Gasteiger partial charge in [-0.05, 0) is 44.0 Å². The highest BCUT2D eigenvalue weighted by Crippen LogP contribution is 2.30. The van der Waals surface area contributed by atoms with Crippen LogP contribution in [0, 0.1) is 0 Å². The summed E-state index contributed by atoms with van der Waals surface area (Å²) in [4.78, 5) is 24.7. The third-order valence-electron chi connectivity index (χ3n) is 3.52. The maximum absolute atomic E-state index is 11.9. The van der Waals surface area contributed by atoms with E-state index in [1.807, 2.05) is 18.2 Å². The molecule has 2 rings (SSSR count). The van der Waals surface area contributed by atoms with Gasteiger partial charge >= 0.3 is 5.97 Å². The SMILES string of the molecule is CC(C)N1CCc2cc(C(=O)CCC(=O)O)ccc21. The van der Waals surface area contributed by atoms with Gasteiger partial charge in [0.15, 0.2) is 5.78 Å². The summed E-state index contributed by atoms with van der Waals surface area (Å²) in [5, 5.41) is 8.60. The van der Waals surface area contributed by atoms with Crippen molar-refractivity contribution in [3.63, 3.8) is 0 Å². The van der Waals surface area contributed by atoms with E-state index >= 15 is 0 Å². The molecule has 0 atom stereocenters. The van der Waals surface area contributed by atoms with Crippen molar-refractivity contribution in [2.24, 2.45) is 0 Å². The predicted molar refractivity (Wildman–Crippen MR) is 73.8 cm³/mol. The normalized spacial score (nSPS) is 13.7. The molecule has 1 aliphatic heterocycles. The molecule has 0 saturated carbocycles. The average Bonchev–Trinajstić information content (AvgIpc) is 2.78. The number of hydrogen-bond donors (Lipinski definition) is 1. The van der Waals surface area contributed by atoms with Crippen LogP contribution in [0.3, 0.4) is 0 Å². The average molecular weight is 261 g/mol. The van der Waals surface area contributed by atoms with Crippen LogP contribution in [0.4, 0.5) is 5.69 Å². The molecule has 0 saturated heterocycles. The lowest BCUT2D eigenvalue weighted by atomic mass is 10.0. The lowest BCUT2D eigenvalue weighted by Crippen LogP contribution is -2.28. The lowest BCUT2D eigenvalue weighted by Gasteiger charge is -2.23. The Morgan fingerprint density at radius 3 is 2.68 bits per heavy atom. The van der Waals surface area contributed by atoms with Gasteiger partial charge in [0.05, 0.1) is 6.42 Å². The molecule has 1 aromatic rings. The Hall–Kier alpha value is -1.84. The number of nitrogens with zero attached hydrogens (tertiary/aromatic N) is 1. The van der Waals surface area contributed by atoms with Gasteiger partial charge in [-0.25, -0.2) is 0 Å². The molecule has 1 N–H and O–H groups in total. The minimum absolute atomic E-state index is 0.0714. The summed E-state index contributed by atoms with van der Waals surface area (Å²) in [6.07, 6.45) is 0.920. The minimum atomic E-state index is -0.930. The second kappa shape index (κ2) is 5.43. The zero-order chi connectivity index (χ0) is 14.0. The zero-order valence-corrected chi connectivity index (χ0v) is 11.3. The summed E-state index contributed by atoms with van der Waals surface area (Å²) in [7, 11) is 0. The number of anilines is 1. The van der Waals surface area contributed by atoms with Crippen molar-refractivity contribution in [1.82, 2.24) is 0 Å². The highest BCUT2D eigenvalue weighted by molar-refractivity contribution is 5.98. The number of Topliss-reactive ketones (excluding diaryl/α,β-unsaturated/α-hetero) is 1. The number of fused-ring (bicyclic) bond motifs is 1. The molecule has 0 aromatic heterocycles. The van der Waals surface area contributed by atoms with Crippen LogP contribution in [-0.4, -0.2) is 29.4 Å². The second-order valence-electron chi connectivity index (χ2n) is 5.20. The largest absolute Gasteiger partial charge is 0.481 e. The van der Waals surface area contributed by atoms with Crippen LogP contribution < -0.4 is 4.90 Å². The van der Waals surface area contributed by atoms with Gasteiger partial charge < -0.3 is 10.0 Å². The smallest absolute Gasteiger partial charge is 0.303 e. The molecule has 1 heterocycles. The van der Waals surface area contributed by atoms with Crippen molar-refractivity contribution in [3.05, 3.63) is 29.3 Å². The van der Waals surface area contributed by atoms with E-state index < -0.39 is 5.97 Å². The summed E-state index contributed by atoms with van der Waals surface area (Å²) in [6, 6.07) is 6.16. The first-order valence-corrected chi connectivity index (χ1v) is 6.63. The first kappa shape index (κ1) is 13.6. The van der Waals surface area contributed by atoms with E-state index in [0.717, 1.165) is 13.0 Å². The number of carboxylic acid groups (broad SMARTS) is 1. The molecule has 102 valence electrons. The highest BCUT2D eigenvalue weighted by Gasteiger charge is 2.22. The molecule has 0 bridgehead atoms. The van der Waals surface area contributed by atoms with Crippen LogP contribution in [0.5, 0.6) is 0 Å². The van der Waals surface area contributed by atoms with E-state index in [4.69, 9.17) is 5.11 Å². The van der Waals surface area contributed by atoms with E-state index in [1.54, 1.807) is 0 Å². The number of rotatable bonds is 5. The number of aliphatic carboxylic acids is 1. The molecule has 0 aliphatic carbocycles. The molecule has 19 heavy (non-hydrogen) atoms. The van der Waals surface area contributed by atoms with Gasteiger partial charge in [-0.2, -0.15) is 0 Å². The van der Waals surface area contributed by atoms with Crippen LogP contribution in [-0.2, 0) is 11.2 Å². The van der Waals surface area contributed by atoms with Crippen molar-refractivity contribution in [2.75, 3.05) is 11.4 Å². The summed E-state index contributed by atoms with van der Waals surface area (Å²) in [5.74, 6) is -1.02. The van der Waals surface area contributed by atoms with Gasteiger partial charge in [0.2, 0.25) is 0 Å². The zero-order valence-electron chi connectivity index (χ0n) is 11.3. The quantitative estimate of drug-likeness (QED) is 0.827. The van der Waals surface area contributed by atoms with Crippen LogP contribution in [0.2, 0.25) is 0 Å². The molecule has 0 spiro atoms. The molecule has 0 radical (unpaired) electrons. The second-order valence-corrected chi connectivity index (χ2v) is 5.20. The number of carboxylic acids is 1. The molecular formula is C15H19NO3. The van der Waals surface area contributed by atoms with Crippen molar-refractivity contribution >= 4 is 17.4 Å². The Labute approximate surface area is 113 Å². The number of benzene rings is 1. The molecular weight excluding hydrogens is 242 g/mol. The van der Waals surface area contributed by atoms with Gasteiger partial charge in [-0.3, -0.25) is 9.59 Å². The third-order valence-corrected chi connectivity index (χ3v) is 3.52. The highest BCUT2D eigenvalue weighted by atomic mass is 16.4. The van der Waals surface area contributed by atoms with E-state index in [1.165, 1.54) is 11.3 Å². The fourth-order valence-corrected chi connectivity index (χ4v) is 2.50. The Morgan fingerprint density at radius 2 is 2.05 bits per heavy atom. The van der Waals surface area contributed by atoms with Crippen molar-refractivity contribution in [3.8, 4) is 0 Å². The van der Waals surface area contributed by atoms with Crippen molar-refractivity contribution in [2.45, 2.75) is 39.2 Å². The predicted octanol–water partition coefficient (Wildman–Crippen LogP) is 2.50. The van der Waals surface area contributed by atoms with E-state index in [0.29, 0.717) is 11.6 Å². The standard InChI is InChI=1S/C15H19NO3/c1-10(2)16-8-7-11-9-12(3-4-13(11)16)14(17)5-6-15(18)19/h3-4,9-10H,5-8H2,1-2H3,(H,18,19). The van der Waals surface area contributed by atoms with Gasteiger partial charge in [0.25, 0.3) is 0 Å². The van der Waals surface area contributed by atoms with Gasteiger partial charge in [-0.15, -0.1) is 0 Å². The van der Waals surface area contributed by atoms with Crippen molar-refractivity contribution < 1.29 is 14.7 Å². The van der Waals surface area contributed by atoms with E-state index in [2.05, 4.69) is 18.7 Å². The maximum atomic E-state index is 11.9. The number of carbonyl (C=O) groups is 2. The topological polar surface area (TPSA) is 57.6 Å². The Morgan fingerprint density at radius 1 is 1.32 bits per heavy atom. The van der Waals surface area contributed by atoms with Crippen LogP contribution >= 0.6 is 0 Å². The van der Waals surface area contributed by atoms with Crippen LogP contribution in [0.15, 0.2) is 18.2 Å². The fourth-order valence-electron chi connectivity index (χ4n) is 2.50. The summed E-state index contributed by atoms with van der Waals surface area (Å²) < 4.78 is 0. The molecule has 0 unspecified atom stereocenters. The molecule has 0 amide bonds. The van der Waals surface area contributed by atoms with Gasteiger partial charge in [-0.1, -0.05) is 0 Å². The van der Waals surface area contributed by atoms with Crippen LogP contribution in [0.25, 0.3) is 0 Å². The van der Waals surface area contributed by atoms with Gasteiger partial charge in [0.1, 0.15) is 0 Å². The molecule has 1 aliphatic rings. The molecule has 0 fully saturated rings. The summed E-state index contributed by atoms with van der Waals surface area (Å²) in [5.41, 5.74) is 3.02. The summed E-state index contributed by atoms with van der Waals surface area (Å²) >= 11 is 0. The lowest BCUT2D eigenvalue weighted by molar-refractivity contribution is -0.136. The van der Waals surface area contributed by atoms with Crippen LogP contribution in [0.1, 0.15) is 42.6 Å². The summed E-state index contributed by atoms with van der Waals surface area (Å²) in [6.45, 7) is 5.29. The van der Waals surface area contributed by atoms with Gasteiger partial charge in [0, 0.05) is 30.3 Å². The third kappa shape index (κ3) is 2.95. The Balaban J connectivity index is 2.14.